The van der Waals surface area contributed by atoms with Crippen LogP contribution < -0.4 is 10.1 Å². The van der Waals surface area contributed by atoms with Gasteiger partial charge in [0.15, 0.2) is 0 Å². The molecule has 0 atom stereocenters. The SMILES string of the molecule is Cc1cccc(NCc2ccccc2OC2CCC2)n1. The number of para-hydroxylation sites is 1. The van der Waals surface area contributed by atoms with Crippen LogP contribution in [0.5, 0.6) is 5.75 Å². The van der Waals surface area contributed by atoms with Crippen molar-refractivity contribution in [3.63, 3.8) is 0 Å². The van der Waals surface area contributed by atoms with E-state index in [0.717, 1.165) is 23.8 Å². The van der Waals surface area contributed by atoms with Crippen LogP contribution in [0, 0.1) is 6.92 Å². The Bertz CT molecular complexity index is 579. The number of pyridine rings is 1. The fourth-order valence-corrected chi connectivity index (χ4v) is 2.26. The van der Waals surface area contributed by atoms with Gasteiger partial charge in [0, 0.05) is 17.8 Å². The molecule has 0 unspecified atom stereocenters. The highest BCUT2D eigenvalue weighted by atomic mass is 16.5. The Hall–Kier alpha value is -2.03. The fourth-order valence-electron chi connectivity index (χ4n) is 2.26. The van der Waals surface area contributed by atoms with E-state index in [1.54, 1.807) is 0 Å². The Morgan fingerprint density at radius 3 is 2.75 bits per heavy atom. The summed E-state index contributed by atoms with van der Waals surface area (Å²) in [6, 6.07) is 14.2. The molecule has 1 aromatic carbocycles. The lowest BCUT2D eigenvalue weighted by atomic mass is 9.96. The summed E-state index contributed by atoms with van der Waals surface area (Å²) in [5.74, 6) is 1.90. The van der Waals surface area contributed by atoms with E-state index in [2.05, 4.69) is 22.4 Å². The third-order valence-corrected chi connectivity index (χ3v) is 3.67. The van der Waals surface area contributed by atoms with Gasteiger partial charge in [-0.3, -0.25) is 0 Å². The molecule has 3 rings (SSSR count). The molecule has 0 spiro atoms. The van der Waals surface area contributed by atoms with Gasteiger partial charge in [0.05, 0.1) is 6.10 Å². The minimum Gasteiger partial charge on any atom is -0.490 e. The third-order valence-electron chi connectivity index (χ3n) is 3.67. The summed E-state index contributed by atoms with van der Waals surface area (Å²) in [5, 5.41) is 3.36. The zero-order chi connectivity index (χ0) is 13.8. The molecule has 20 heavy (non-hydrogen) atoms. The van der Waals surface area contributed by atoms with E-state index in [4.69, 9.17) is 4.74 Å². The standard InChI is InChI=1S/C17H20N2O/c1-13-6-4-11-17(19-13)18-12-14-7-2-3-10-16(14)20-15-8-5-9-15/h2-4,6-7,10-11,15H,5,8-9,12H2,1H3,(H,18,19). The number of benzene rings is 1. The van der Waals surface area contributed by atoms with Gasteiger partial charge in [-0.2, -0.15) is 0 Å². The van der Waals surface area contributed by atoms with Crippen LogP contribution in [-0.2, 0) is 6.54 Å². The molecule has 2 aromatic rings. The molecule has 3 heteroatoms. The van der Waals surface area contributed by atoms with Gasteiger partial charge in [-0.1, -0.05) is 24.3 Å². The zero-order valence-corrected chi connectivity index (χ0v) is 11.8. The zero-order valence-electron chi connectivity index (χ0n) is 11.8. The molecule has 1 saturated carbocycles. The lowest BCUT2D eigenvalue weighted by molar-refractivity contribution is 0.119. The fraction of sp³-hybridized carbons (Fsp3) is 0.353. The number of hydrogen-bond acceptors (Lipinski definition) is 3. The summed E-state index contributed by atoms with van der Waals surface area (Å²) in [4.78, 5) is 4.45. The van der Waals surface area contributed by atoms with Crippen molar-refractivity contribution in [3.05, 3.63) is 53.7 Å². The minimum absolute atomic E-state index is 0.410. The molecule has 0 bridgehead atoms. The van der Waals surface area contributed by atoms with Gasteiger partial charge in [0.2, 0.25) is 0 Å². The van der Waals surface area contributed by atoms with Crippen molar-refractivity contribution >= 4 is 5.82 Å². The van der Waals surface area contributed by atoms with E-state index < -0.39 is 0 Å². The predicted octanol–water partition coefficient (Wildman–Crippen LogP) is 3.93. The number of aryl methyl sites for hydroxylation is 1. The molecule has 3 nitrogen and oxygen atoms in total. The lowest BCUT2D eigenvalue weighted by Gasteiger charge is -2.27. The molecule has 0 radical (unpaired) electrons. The first-order valence-corrected chi connectivity index (χ1v) is 7.23. The Morgan fingerprint density at radius 2 is 2.00 bits per heavy atom. The predicted molar refractivity (Wildman–Crippen MR) is 81.0 cm³/mol. The molecule has 1 heterocycles. The number of hydrogen-bond donors (Lipinski definition) is 1. The number of ether oxygens (including phenoxy) is 1. The van der Waals surface area contributed by atoms with Gasteiger partial charge in [-0.15, -0.1) is 0 Å². The van der Waals surface area contributed by atoms with Gasteiger partial charge in [0.1, 0.15) is 11.6 Å². The quantitative estimate of drug-likeness (QED) is 0.892. The molecule has 0 aliphatic heterocycles. The molecule has 1 N–H and O–H groups in total. The summed E-state index contributed by atoms with van der Waals surface area (Å²) in [6.45, 7) is 2.73. The van der Waals surface area contributed by atoms with Crippen LogP contribution in [0.4, 0.5) is 5.82 Å². The Balaban J connectivity index is 1.67. The first-order valence-electron chi connectivity index (χ1n) is 7.23. The number of anilines is 1. The third kappa shape index (κ3) is 3.10. The average molecular weight is 268 g/mol. The van der Waals surface area contributed by atoms with Gasteiger partial charge >= 0.3 is 0 Å². The molecule has 0 saturated heterocycles. The molecule has 1 aliphatic carbocycles. The first kappa shape index (κ1) is 13.0. The van der Waals surface area contributed by atoms with Crippen molar-refractivity contribution < 1.29 is 4.74 Å². The molecule has 1 aromatic heterocycles. The summed E-state index contributed by atoms with van der Waals surface area (Å²) < 4.78 is 6.03. The average Bonchev–Trinajstić information content (AvgIpc) is 2.42. The summed E-state index contributed by atoms with van der Waals surface area (Å²) in [7, 11) is 0. The highest BCUT2D eigenvalue weighted by Crippen LogP contribution is 2.27. The molecule has 1 aliphatic rings. The lowest BCUT2D eigenvalue weighted by Crippen LogP contribution is -2.25. The second-order valence-corrected chi connectivity index (χ2v) is 5.30. The second-order valence-electron chi connectivity index (χ2n) is 5.30. The van der Waals surface area contributed by atoms with E-state index in [-0.39, 0.29) is 0 Å². The van der Waals surface area contributed by atoms with Crippen molar-refractivity contribution in [1.29, 1.82) is 0 Å². The molecule has 104 valence electrons. The van der Waals surface area contributed by atoms with E-state index in [1.165, 1.54) is 24.8 Å². The van der Waals surface area contributed by atoms with E-state index in [1.807, 2.05) is 37.3 Å². The van der Waals surface area contributed by atoms with Crippen LogP contribution in [0.25, 0.3) is 0 Å². The minimum atomic E-state index is 0.410. The highest BCUT2D eigenvalue weighted by Gasteiger charge is 2.20. The summed E-state index contributed by atoms with van der Waals surface area (Å²) >= 11 is 0. The maximum Gasteiger partial charge on any atom is 0.126 e. The first-order chi connectivity index (χ1) is 9.81. The molecular formula is C17H20N2O. The van der Waals surface area contributed by atoms with Gasteiger partial charge in [-0.25, -0.2) is 4.98 Å². The maximum atomic E-state index is 6.03. The van der Waals surface area contributed by atoms with Crippen molar-refractivity contribution in [1.82, 2.24) is 4.98 Å². The van der Waals surface area contributed by atoms with Crippen molar-refractivity contribution in [2.75, 3.05) is 5.32 Å². The Kier molecular flexibility index (Phi) is 3.86. The van der Waals surface area contributed by atoms with E-state index in [0.29, 0.717) is 6.10 Å². The summed E-state index contributed by atoms with van der Waals surface area (Å²) in [5.41, 5.74) is 2.21. The normalized spacial score (nSPS) is 14.7. The Morgan fingerprint density at radius 1 is 1.15 bits per heavy atom. The van der Waals surface area contributed by atoms with Gasteiger partial charge in [0.25, 0.3) is 0 Å². The van der Waals surface area contributed by atoms with Crippen molar-refractivity contribution in [3.8, 4) is 5.75 Å². The maximum absolute atomic E-state index is 6.03. The van der Waals surface area contributed by atoms with Gasteiger partial charge < -0.3 is 10.1 Å². The topological polar surface area (TPSA) is 34.1 Å². The number of aromatic nitrogens is 1. The van der Waals surface area contributed by atoms with Crippen LogP contribution in [0.1, 0.15) is 30.5 Å². The van der Waals surface area contributed by atoms with Crippen molar-refractivity contribution in [2.24, 2.45) is 0 Å². The van der Waals surface area contributed by atoms with Crippen LogP contribution in [0.2, 0.25) is 0 Å². The van der Waals surface area contributed by atoms with Crippen LogP contribution in [-0.4, -0.2) is 11.1 Å². The van der Waals surface area contributed by atoms with Crippen LogP contribution >= 0.6 is 0 Å². The number of nitrogens with one attached hydrogen (secondary N) is 1. The summed E-state index contributed by atoms with van der Waals surface area (Å²) in [6.07, 6.45) is 4.06. The molecule has 0 amide bonds. The number of nitrogens with zero attached hydrogens (tertiary/aromatic N) is 1. The van der Waals surface area contributed by atoms with E-state index in [9.17, 15) is 0 Å². The largest absolute Gasteiger partial charge is 0.490 e. The second kappa shape index (κ2) is 5.95. The molecular weight excluding hydrogens is 248 g/mol. The van der Waals surface area contributed by atoms with Gasteiger partial charge in [-0.05, 0) is 44.4 Å². The number of rotatable bonds is 5. The molecule has 1 fully saturated rings. The van der Waals surface area contributed by atoms with Crippen molar-refractivity contribution in [2.45, 2.75) is 38.8 Å². The Labute approximate surface area is 120 Å². The smallest absolute Gasteiger partial charge is 0.126 e. The highest BCUT2D eigenvalue weighted by molar-refractivity contribution is 5.40. The van der Waals surface area contributed by atoms with Crippen LogP contribution in [0.3, 0.4) is 0 Å². The van der Waals surface area contributed by atoms with E-state index >= 15 is 0 Å². The monoisotopic (exact) mass is 268 g/mol. The van der Waals surface area contributed by atoms with Crippen LogP contribution in [0.15, 0.2) is 42.5 Å².